The molecule has 98 valence electrons. The summed E-state index contributed by atoms with van der Waals surface area (Å²) in [5.41, 5.74) is 3.61. The lowest BCUT2D eigenvalue weighted by Crippen LogP contribution is -2.15. The number of halogens is 1. The van der Waals surface area contributed by atoms with Crippen LogP contribution >= 0.6 is 27.3 Å². The summed E-state index contributed by atoms with van der Waals surface area (Å²) in [6.45, 7) is 3.73. The van der Waals surface area contributed by atoms with Gasteiger partial charge in [-0.1, -0.05) is 34.1 Å². The van der Waals surface area contributed by atoms with E-state index in [-0.39, 0.29) is 0 Å². The Hall–Kier alpha value is -1.17. The summed E-state index contributed by atoms with van der Waals surface area (Å²) >= 11 is 5.24. The fourth-order valence-corrected chi connectivity index (χ4v) is 3.31. The van der Waals surface area contributed by atoms with E-state index in [1.165, 1.54) is 11.3 Å². The Bertz CT molecular complexity index is 702. The molecule has 0 aliphatic carbocycles. The topological polar surface area (TPSA) is 29.3 Å². The molecule has 0 radical (unpaired) electrons. The molecule has 2 aromatic heterocycles. The lowest BCUT2D eigenvalue weighted by atomic mass is 10.2. The zero-order valence-corrected chi connectivity index (χ0v) is 13.0. The van der Waals surface area contributed by atoms with E-state index >= 15 is 0 Å². The number of fused-ring (bicyclic) bond motifs is 1. The van der Waals surface area contributed by atoms with Crippen LogP contribution in [-0.2, 0) is 13.1 Å². The highest BCUT2D eigenvalue weighted by Gasteiger charge is 2.08. The highest BCUT2D eigenvalue weighted by atomic mass is 79.9. The molecule has 2 heterocycles. The third-order valence-electron chi connectivity index (χ3n) is 3.13. The van der Waals surface area contributed by atoms with E-state index in [4.69, 9.17) is 0 Å². The van der Waals surface area contributed by atoms with Gasteiger partial charge in [0.15, 0.2) is 4.96 Å². The maximum Gasteiger partial charge on any atom is 0.194 e. The molecule has 1 aromatic carbocycles. The van der Waals surface area contributed by atoms with Gasteiger partial charge in [-0.05, 0) is 18.6 Å². The van der Waals surface area contributed by atoms with Gasteiger partial charge in [0.1, 0.15) is 0 Å². The van der Waals surface area contributed by atoms with Gasteiger partial charge >= 0.3 is 0 Å². The van der Waals surface area contributed by atoms with E-state index in [0.29, 0.717) is 0 Å². The molecule has 0 unspecified atom stereocenters. The second-order valence-corrected chi connectivity index (χ2v) is 6.12. The van der Waals surface area contributed by atoms with E-state index in [9.17, 15) is 0 Å². The van der Waals surface area contributed by atoms with Crippen molar-refractivity contribution in [2.45, 2.75) is 20.0 Å². The van der Waals surface area contributed by atoms with E-state index < -0.39 is 0 Å². The van der Waals surface area contributed by atoms with Crippen molar-refractivity contribution in [1.29, 1.82) is 0 Å². The van der Waals surface area contributed by atoms with Crippen LogP contribution in [0.5, 0.6) is 0 Å². The third kappa shape index (κ3) is 2.59. The Balaban J connectivity index is 1.71. The smallest absolute Gasteiger partial charge is 0.194 e. The summed E-state index contributed by atoms with van der Waals surface area (Å²) in [5.74, 6) is 0. The molecule has 0 saturated carbocycles. The molecule has 0 saturated heterocycles. The van der Waals surface area contributed by atoms with Crippen LogP contribution < -0.4 is 5.32 Å². The summed E-state index contributed by atoms with van der Waals surface area (Å²) < 4.78 is 3.31. The molecule has 0 atom stereocenters. The maximum absolute atomic E-state index is 4.55. The van der Waals surface area contributed by atoms with E-state index in [1.54, 1.807) is 11.3 Å². The number of thiazole rings is 1. The van der Waals surface area contributed by atoms with Crippen molar-refractivity contribution in [3.8, 4) is 0 Å². The Kier molecular flexibility index (Phi) is 3.68. The van der Waals surface area contributed by atoms with Crippen LogP contribution in [0.25, 0.3) is 4.96 Å². The normalized spacial score (nSPS) is 11.3. The number of aromatic nitrogens is 2. The summed E-state index contributed by atoms with van der Waals surface area (Å²) in [4.78, 5) is 5.61. The van der Waals surface area contributed by atoms with Crippen molar-refractivity contribution in [3.63, 3.8) is 0 Å². The molecule has 3 rings (SSSR count). The Morgan fingerprint density at radius 1 is 1.32 bits per heavy atom. The lowest BCUT2D eigenvalue weighted by molar-refractivity contribution is 0.671. The lowest BCUT2D eigenvalue weighted by Gasteiger charge is -2.07. The van der Waals surface area contributed by atoms with Crippen LogP contribution in [0.15, 0.2) is 40.3 Å². The average Bonchev–Trinajstić information content (AvgIpc) is 2.94. The molecule has 0 spiro atoms. The number of imidazole rings is 1. The highest BCUT2D eigenvalue weighted by Crippen LogP contribution is 2.18. The summed E-state index contributed by atoms with van der Waals surface area (Å²) in [6, 6.07) is 8.28. The minimum atomic E-state index is 0.824. The second kappa shape index (κ2) is 5.45. The van der Waals surface area contributed by atoms with Crippen molar-refractivity contribution in [2.75, 3.05) is 0 Å². The zero-order chi connectivity index (χ0) is 13.2. The van der Waals surface area contributed by atoms with Crippen LogP contribution in [0.2, 0.25) is 0 Å². The molecule has 0 bridgehead atoms. The number of benzene rings is 1. The first kappa shape index (κ1) is 12.8. The van der Waals surface area contributed by atoms with Crippen LogP contribution in [0.1, 0.15) is 17.0 Å². The summed E-state index contributed by atoms with van der Waals surface area (Å²) in [5, 5.41) is 5.55. The Morgan fingerprint density at radius 3 is 3.00 bits per heavy atom. The monoisotopic (exact) mass is 335 g/mol. The van der Waals surface area contributed by atoms with E-state index in [2.05, 4.69) is 67.3 Å². The number of rotatable bonds is 4. The first-order chi connectivity index (χ1) is 9.25. The van der Waals surface area contributed by atoms with Crippen molar-refractivity contribution in [2.24, 2.45) is 0 Å². The number of nitrogens with zero attached hydrogens (tertiary/aromatic N) is 2. The van der Waals surface area contributed by atoms with Gasteiger partial charge in [0, 0.05) is 29.1 Å². The zero-order valence-electron chi connectivity index (χ0n) is 10.6. The summed E-state index contributed by atoms with van der Waals surface area (Å²) in [7, 11) is 0. The molecule has 19 heavy (non-hydrogen) atoms. The minimum Gasteiger partial charge on any atom is -0.307 e. The predicted octanol–water partition coefficient (Wildman–Crippen LogP) is 3.76. The largest absolute Gasteiger partial charge is 0.307 e. The predicted molar refractivity (Wildman–Crippen MR) is 82.5 cm³/mol. The van der Waals surface area contributed by atoms with Gasteiger partial charge in [-0.15, -0.1) is 11.3 Å². The average molecular weight is 336 g/mol. The van der Waals surface area contributed by atoms with Gasteiger partial charge in [-0.3, -0.25) is 4.40 Å². The van der Waals surface area contributed by atoms with Gasteiger partial charge in [-0.25, -0.2) is 4.98 Å². The molecule has 1 N–H and O–H groups in total. The Labute approximate surface area is 124 Å². The van der Waals surface area contributed by atoms with Gasteiger partial charge in [0.25, 0.3) is 0 Å². The van der Waals surface area contributed by atoms with Crippen LogP contribution in [0, 0.1) is 6.92 Å². The fourth-order valence-electron chi connectivity index (χ4n) is 2.11. The SMILES string of the molecule is Cc1nc2sccn2c1CNCc1ccccc1Br. The first-order valence-corrected chi connectivity index (χ1v) is 7.78. The van der Waals surface area contributed by atoms with Gasteiger partial charge in [0.05, 0.1) is 11.4 Å². The second-order valence-electron chi connectivity index (χ2n) is 4.39. The van der Waals surface area contributed by atoms with Crippen molar-refractivity contribution >= 4 is 32.2 Å². The van der Waals surface area contributed by atoms with Crippen molar-refractivity contribution in [3.05, 3.63) is 57.3 Å². The van der Waals surface area contributed by atoms with Gasteiger partial charge in [0.2, 0.25) is 0 Å². The third-order valence-corrected chi connectivity index (χ3v) is 4.66. The molecule has 3 nitrogen and oxygen atoms in total. The van der Waals surface area contributed by atoms with Crippen LogP contribution in [0.3, 0.4) is 0 Å². The van der Waals surface area contributed by atoms with Crippen molar-refractivity contribution in [1.82, 2.24) is 14.7 Å². The molecule has 0 amide bonds. The molecule has 0 aliphatic heterocycles. The number of aryl methyl sites for hydroxylation is 1. The quantitative estimate of drug-likeness (QED) is 0.786. The molecule has 0 aliphatic rings. The fraction of sp³-hybridized carbons (Fsp3) is 0.214. The van der Waals surface area contributed by atoms with E-state index in [1.807, 2.05) is 6.07 Å². The van der Waals surface area contributed by atoms with Crippen LogP contribution in [-0.4, -0.2) is 9.38 Å². The molecular formula is C14H14BrN3S. The minimum absolute atomic E-state index is 0.824. The summed E-state index contributed by atoms with van der Waals surface area (Å²) in [6.07, 6.45) is 2.08. The van der Waals surface area contributed by atoms with Crippen LogP contribution in [0.4, 0.5) is 0 Å². The van der Waals surface area contributed by atoms with E-state index in [0.717, 1.165) is 28.2 Å². The highest BCUT2D eigenvalue weighted by molar-refractivity contribution is 9.10. The molecule has 5 heteroatoms. The standard InChI is InChI=1S/C14H14BrN3S/c1-10-13(18-6-7-19-14(18)17-10)9-16-8-11-4-2-3-5-12(11)15/h2-7,16H,8-9H2,1H3. The Morgan fingerprint density at radius 2 is 2.16 bits per heavy atom. The van der Waals surface area contributed by atoms with Crippen molar-refractivity contribution < 1.29 is 0 Å². The molecule has 3 aromatic rings. The molecule has 0 fully saturated rings. The first-order valence-electron chi connectivity index (χ1n) is 6.11. The molecular weight excluding hydrogens is 322 g/mol. The number of hydrogen-bond donors (Lipinski definition) is 1. The maximum atomic E-state index is 4.55. The number of nitrogens with one attached hydrogen (secondary N) is 1. The number of hydrogen-bond acceptors (Lipinski definition) is 3. The van der Waals surface area contributed by atoms with Gasteiger partial charge < -0.3 is 5.32 Å². The van der Waals surface area contributed by atoms with Gasteiger partial charge in [-0.2, -0.15) is 0 Å².